The third-order valence-electron chi connectivity index (χ3n) is 3.10. The van der Waals surface area contributed by atoms with Crippen LogP contribution in [-0.4, -0.2) is 40.4 Å². The zero-order chi connectivity index (χ0) is 17.4. The summed E-state index contributed by atoms with van der Waals surface area (Å²) in [6.07, 6.45) is 0. The van der Waals surface area contributed by atoms with Gasteiger partial charge in [0, 0.05) is 14.1 Å². The van der Waals surface area contributed by atoms with Crippen LogP contribution in [0.5, 0.6) is 0 Å². The second-order valence-electron chi connectivity index (χ2n) is 5.07. The molecule has 126 valence electrons. The largest absolute Gasteiger partial charge is 0.360 e. The summed E-state index contributed by atoms with van der Waals surface area (Å²) in [5.41, 5.74) is 0.361. The number of nitrogens with one attached hydrogen (secondary N) is 1. The van der Waals surface area contributed by atoms with E-state index in [1.54, 1.807) is 0 Å². The predicted molar refractivity (Wildman–Crippen MR) is 84.1 cm³/mol. The second kappa shape index (κ2) is 5.95. The number of hydrogen-bond donors (Lipinski definition) is 1. The van der Waals surface area contributed by atoms with E-state index >= 15 is 0 Å². The first kappa shape index (κ1) is 17.4. The monoisotopic (exact) mass is 359 g/mol. The molecule has 0 amide bonds. The zero-order valence-electron chi connectivity index (χ0n) is 13.1. The third-order valence-corrected chi connectivity index (χ3v) is 6.54. The molecule has 1 heterocycles. The van der Waals surface area contributed by atoms with E-state index in [9.17, 15) is 16.8 Å². The molecule has 23 heavy (non-hydrogen) atoms. The Labute approximate surface area is 135 Å². The smallest absolute Gasteiger partial charge is 0.267 e. The van der Waals surface area contributed by atoms with Crippen LogP contribution in [0, 0.1) is 13.8 Å². The number of benzene rings is 1. The van der Waals surface area contributed by atoms with Crippen molar-refractivity contribution in [2.45, 2.75) is 23.6 Å². The summed E-state index contributed by atoms with van der Waals surface area (Å²) in [5, 5.41) is 3.61. The molecule has 0 saturated heterocycles. The Bertz CT molecular complexity index is 911. The van der Waals surface area contributed by atoms with Gasteiger partial charge in [0.15, 0.2) is 10.7 Å². The summed E-state index contributed by atoms with van der Waals surface area (Å²) in [6, 6.07) is 5.57. The number of rotatable bonds is 5. The molecule has 0 bridgehead atoms. The number of aryl methyl sites for hydroxylation is 2. The van der Waals surface area contributed by atoms with Gasteiger partial charge in [0.1, 0.15) is 5.69 Å². The molecular weight excluding hydrogens is 342 g/mol. The molecule has 0 saturated carbocycles. The predicted octanol–water partition coefficient (Wildman–Crippen LogP) is 1.34. The zero-order valence-corrected chi connectivity index (χ0v) is 14.7. The fourth-order valence-corrected chi connectivity index (χ4v) is 4.32. The number of nitrogens with zero attached hydrogens (tertiary/aromatic N) is 2. The highest BCUT2D eigenvalue weighted by molar-refractivity contribution is 7.92. The fraction of sp³-hybridized carbons (Fsp3) is 0.308. The average Bonchev–Trinajstić information content (AvgIpc) is 2.78. The Hall–Kier alpha value is -1.91. The van der Waals surface area contributed by atoms with Crippen LogP contribution in [0.15, 0.2) is 38.6 Å². The van der Waals surface area contributed by atoms with Crippen molar-refractivity contribution >= 4 is 25.7 Å². The van der Waals surface area contributed by atoms with Crippen molar-refractivity contribution in [1.82, 2.24) is 9.46 Å². The van der Waals surface area contributed by atoms with Crippen LogP contribution in [0.2, 0.25) is 0 Å². The van der Waals surface area contributed by atoms with E-state index in [2.05, 4.69) is 9.88 Å². The Balaban J connectivity index is 2.42. The van der Waals surface area contributed by atoms with Gasteiger partial charge in [-0.3, -0.25) is 4.72 Å². The van der Waals surface area contributed by atoms with Crippen molar-refractivity contribution in [1.29, 1.82) is 0 Å². The van der Waals surface area contributed by atoms with Crippen molar-refractivity contribution in [3.8, 4) is 0 Å². The lowest BCUT2D eigenvalue weighted by molar-refractivity contribution is 0.390. The van der Waals surface area contributed by atoms with Crippen LogP contribution >= 0.6 is 0 Å². The highest BCUT2D eigenvalue weighted by Crippen LogP contribution is 2.24. The molecular formula is C13H17N3O5S2. The van der Waals surface area contributed by atoms with E-state index in [0.29, 0.717) is 0 Å². The van der Waals surface area contributed by atoms with E-state index in [1.165, 1.54) is 52.2 Å². The lowest BCUT2D eigenvalue weighted by atomic mass is 10.3. The van der Waals surface area contributed by atoms with Gasteiger partial charge in [0.2, 0.25) is 10.0 Å². The molecule has 2 rings (SSSR count). The third kappa shape index (κ3) is 3.38. The molecule has 2 aromatic rings. The minimum absolute atomic E-state index is 0.0125. The Morgan fingerprint density at radius 1 is 1.13 bits per heavy atom. The van der Waals surface area contributed by atoms with Gasteiger partial charge in [-0.2, -0.15) is 0 Å². The first-order valence-corrected chi connectivity index (χ1v) is 9.46. The van der Waals surface area contributed by atoms with Crippen LogP contribution in [0.1, 0.15) is 11.5 Å². The Morgan fingerprint density at radius 2 is 1.78 bits per heavy atom. The molecule has 10 heteroatoms. The van der Waals surface area contributed by atoms with E-state index in [0.717, 1.165) is 4.31 Å². The molecule has 0 radical (unpaired) electrons. The van der Waals surface area contributed by atoms with Gasteiger partial charge in [-0.05, 0) is 32.0 Å². The van der Waals surface area contributed by atoms with E-state index in [-0.39, 0.29) is 26.9 Å². The highest BCUT2D eigenvalue weighted by atomic mass is 32.2. The average molecular weight is 359 g/mol. The SMILES string of the molecule is Cc1noc(C)c1S(=O)(=O)Nc1cccc(S(=O)(=O)N(C)C)c1. The van der Waals surface area contributed by atoms with Gasteiger partial charge in [-0.25, -0.2) is 21.1 Å². The number of hydrogen-bond acceptors (Lipinski definition) is 6. The second-order valence-corrected chi connectivity index (χ2v) is 8.85. The molecule has 0 atom stereocenters. The molecule has 0 unspecified atom stereocenters. The van der Waals surface area contributed by atoms with Crippen molar-refractivity contribution in [2.75, 3.05) is 18.8 Å². The first-order valence-electron chi connectivity index (χ1n) is 6.54. The minimum Gasteiger partial charge on any atom is -0.360 e. The van der Waals surface area contributed by atoms with Crippen molar-refractivity contribution in [3.63, 3.8) is 0 Å². The Kier molecular flexibility index (Phi) is 4.51. The molecule has 0 spiro atoms. The van der Waals surface area contributed by atoms with Gasteiger partial charge in [-0.15, -0.1) is 0 Å². The quantitative estimate of drug-likeness (QED) is 0.863. The first-order chi connectivity index (χ1) is 10.6. The molecule has 1 aromatic heterocycles. The molecule has 0 fully saturated rings. The van der Waals surface area contributed by atoms with Crippen molar-refractivity contribution in [3.05, 3.63) is 35.7 Å². The molecule has 8 nitrogen and oxygen atoms in total. The van der Waals surface area contributed by atoms with Crippen LogP contribution < -0.4 is 4.72 Å². The summed E-state index contributed by atoms with van der Waals surface area (Å²) in [4.78, 5) is -0.0696. The summed E-state index contributed by atoms with van der Waals surface area (Å²) in [7, 11) is -4.79. The van der Waals surface area contributed by atoms with Gasteiger partial charge in [0.25, 0.3) is 10.0 Å². The van der Waals surface area contributed by atoms with Crippen molar-refractivity contribution in [2.24, 2.45) is 0 Å². The van der Waals surface area contributed by atoms with E-state index in [4.69, 9.17) is 4.52 Å². The summed E-state index contributed by atoms with van der Waals surface area (Å²) in [5.74, 6) is 0.159. The molecule has 0 aliphatic carbocycles. The molecule has 1 N–H and O–H groups in total. The van der Waals surface area contributed by atoms with Crippen LogP contribution in [-0.2, 0) is 20.0 Å². The van der Waals surface area contributed by atoms with Crippen LogP contribution in [0.3, 0.4) is 0 Å². The topological polar surface area (TPSA) is 110 Å². The summed E-state index contributed by atoms with van der Waals surface area (Å²) >= 11 is 0. The Morgan fingerprint density at radius 3 is 2.30 bits per heavy atom. The number of aromatic nitrogens is 1. The minimum atomic E-state index is -3.93. The molecule has 1 aromatic carbocycles. The fourth-order valence-electron chi connectivity index (χ4n) is 2.00. The maximum absolute atomic E-state index is 12.4. The lowest BCUT2D eigenvalue weighted by Crippen LogP contribution is -2.22. The number of sulfonamides is 2. The standard InChI is InChI=1S/C13H17N3O5S2/c1-9-13(10(2)21-14-9)22(17,18)15-11-6-5-7-12(8-11)23(19,20)16(3)4/h5-8,15H,1-4H3. The molecule has 0 aliphatic rings. The van der Waals surface area contributed by atoms with Gasteiger partial charge in [0.05, 0.1) is 10.6 Å². The van der Waals surface area contributed by atoms with Crippen LogP contribution in [0.25, 0.3) is 0 Å². The van der Waals surface area contributed by atoms with Crippen LogP contribution in [0.4, 0.5) is 5.69 Å². The highest BCUT2D eigenvalue weighted by Gasteiger charge is 2.25. The summed E-state index contributed by atoms with van der Waals surface area (Å²) < 4.78 is 57.3. The normalized spacial score (nSPS) is 12.6. The number of anilines is 1. The molecule has 0 aliphatic heterocycles. The van der Waals surface area contributed by atoms with Gasteiger partial charge >= 0.3 is 0 Å². The lowest BCUT2D eigenvalue weighted by Gasteiger charge is -2.13. The maximum Gasteiger partial charge on any atom is 0.267 e. The van der Waals surface area contributed by atoms with Crippen molar-refractivity contribution < 1.29 is 21.4 Å². The summed E-state index contributed by atoms with van der Waals surface area (Å²) in [6.45, 7) is 3.00. The maximum atomic E-state index is 12.4. The van der Waals surface area contributed by atoms with E-state index < -0.39 is 20.0 Å². The van der Waals surface area contributed by atoms with E-state index in [1.807, 2.05) is 0 Å². The van der Waals surface area contributed by atoms with Gasteiger partial charge in [-0.1, -0.05) is 11.2 Å². The van der Waals surface area contributed by atoms with Gasteiger partial charge < -0.3 is 4.52 Å².